The number of hydrogen-bond acceptors (Lipinski definition) is 4. The highest BCUT2D eigenvalue weighted by Crippen LogP contribution is 2.24. The molecule has 6 heteroatoms. The van der Waals surface area contributed by atoms with Crippen molar-refractivity contribution < 1.29 is 9.59 Å². The zero-order chi connectivity index (χ0) is 18.4. The number of carbonyl (C=O) groups is 2. The van der Waals surface area contributed by atoms with Gasteiger partial charge in [0.15, 0.2) is 0 Å². The summed E-state index contributed by atoms with van der Waals surface area (Å²) in [5.74, 6) is 0.357. The third-order valence-electron chi connectivity index (χ3n) is 4.80. The van der Waals surface area contributed by atoms with Crippen LogP contribution in [0.4, 0.5) is 5.69 Å². The van der Waals surface area contributed by atoms with E-state index in [0.29, 0.717) is 36.1 Å². The first-order chi connectivity index (χ1) is 11.9. The SMILES string of the molecule is CC(CC(=O)Nc1cc(C(N)=O)ccc1CN(C)C)C1CCCNC1. The Morgan fingerprint density at radius 3 is 2.76 bits per heavy atom. The smallest absolute Gasteiger partial charge is 0.248 e. The van der Waals surface area contributed by atoms with Crippen LogP contribution in [0, 0.1) is 11.8 Å². The third kappa shape index (κ3) is 5.83. The van der Waals surface area contributed by atoms with Crippen molar-refractivity contribution in [2.45, 2.75) is 32.7 Å². The van der Waals surface area contributed by atoms with Crippen LogP contribution in [-0.2, 0) is 11.3 Å². The summed E-state index contributed by atoms with van der Waals surface area (Å²) in [5, 5.41) is 6.39. The fraction of sp³-hybridized carbons (Fsp3) is 0.579. The number of piperidine rings is 1. The van der Waals surface area contributed by atoms with Gasteiger partial charge in [-0.15, -0.1) is 0 Å². The Morgan fingerprint density at radius 1 is 1.40 bits per heavy atom. The number of nitrogens with two attached hydrogens (primary N) is 1. The predicted octanol–water partition coefficient (Wildman–Crippen LogP) is 1.81. The van der Waals surface area contributed by atoms with Gasteiger partial charge < -0.3 is 21.3 Å². The zero-order valence-electron chi connectivity index (χ0n) is 15.5. The summed E-state index contributed by atoms with van der Waals surface area (Å²) in [5.41, 5.74) is 7.42. The molecule has 25 heavy (non-hydrogen) atoms. The van der Waals surface area contributed by atoms with Crippen molar-refractivity contribution in [3.8, 4) is 0 Å². The molecule has 1 heterocycles. The highest BCUT2D eigenvalue weighted by molar-refractivity contribution is 5.97. The third-order valence-corrected chi connectivity index (χ3v) is 4.80. The Labute approximate surface area is 150 Å². The number of nitrogens with one attached hydrogen (secondary N) is 2. The van der Waals surface area contributed by atoms with Crippen LogP contribution in [0.25, 0.3) is 0 Å². The van der Waals surface area contributed by atoms with Crippen LogP contribution in [0.5, 0.6) is 0 Å². The monoisotopic (exact) mass is 346 g/mol. The van der Waals surface area contributed by atoms with Crippen LogP contribution in [0.2, 0.25) is 0 Å². The molecule has 1 aromatic rings. The quantitative estimate of drug-likeness (QED) is 0.703. The summed E-state index contributed by atoms with van der Waals surface area (Å²) in [6.45, 7) is 4.87. The first-order valence-electron chi connectivity index (χ1n) is 8.95. The van der Waals surface area contributed by atoms with Crippen LogP contribution in [0.3, 0.4) is 0 Å². The molecule has 0 aliphatic carbocycles. The summed E-state index contributed by atoms with van der Waals surface area (Å²) in [7, 11) is 3.93. The highest BCUT2D eigenvalue weighted by atomic mass is 16.2. The maximum atomic E-state index is 12.5. The molecule has 0 aromatic heterocycles. The molecule has 4 N–H and O–H groups in total. The summed E-state index contributed by atoms with van der Waals surface area (Å²) < 4.78 is 0. The van der Waals surface area contributed by atoms with Crippen LogP contribution in [0.15, 0.2) is 18.2 Å². The molecule has 2 unspecified atom stereocenters. The lowest BCUT2D eigenvalue weighted by molar-refractivity contribution is -0.117. The standard InChI is InChI=1S/C19H30N4O2/c1-13(15-5-4-8-21-11-15)9-18(24)22-17-10-14(19(20)25)6-7-16(17)12-23(2)3/h6-7,10,13,15,21H,4-5,8-9,11-12H2,1-3H3,(H2,20,25)(H,22,24). The normalized spacial score (nSPS) is 18.8. The summed E-state index contributed by atoms with van der Waals surface area (Å²) in [6.07, 6.45) is 2.82. The summed E-state index contributed by atoms with van der Waals surface area (Å²) >= 11 is 0. The molecule has 1 saturated heterocycles. The van der Waals surface area contributed by atoms with Gasteiger partial charge in [0.2, 0.25) is 11.8 Å². The topological polar surface area (TPSA) is 87.5 Å². The minimum absolute atomic E-state index is 0.0142. The van der Waals surface area contributed by atoms with Gasteiger partial charge in [0.1, 0.15) is 0 Å². The Balaban J connectivity index is 2.06. The maximum absolute atomic E-state index is 12.5. The number of rotatable bonds is 7. The fourth-order valence-electron chi connectivity index (χ4n) is 3.35. The molecule has 1 aliphatic heterocycles. The van der Waals surface area contributed by atoms with E-state index in [1.165, 1.54) is 12.8 Å². The average molecular weight is 346 g/mol. The Morgan fingerprint density at radius 2 is 2.16 bits per heavy atom. The van der Waals surface area contributed by atoms with Gasteiger partial charge in [-0.1, -0.05) is 13.0 Å². The molecule has 1 aromatic carbocycles. The number of anilines is 1. The van der Waals surface area contributed by atoms with Crippen molar-refractivity contribution >= 4 is 17.5 Å². The van der Waals surface area contributed by atoms with Crippen LogP contribution in [-0.4, -0.2) is 43.9 Å². The molecule has 0 radical (unpaired) electrons. The molecular formula is C19H30N4O2. The minimum Gasteiger partial charge on any atom is -0.366 e. The molecular weight excluding hydrogens is 316 g/mol. The first-order valence-corrected chi connectivity index (χ1v) is 8.95. The zero-order valence-corrected chi connectivity index (χ0v) is 15.5. The molecule has 0 bridgehead atoms. The molecule has 138 valence electrons. The van der Waals surface area contributed by atoms with E-state index in [0.717, 1.165) is 18.7 Å². The number of amides is 2. The number of nitrogens with zero attached hydrogens (tertiary/aromatic N) is 1. The van der Waals surface area contributed by atoms with Gasteiger partial charge in [0.25, 0.3) is 0 Å². The average Bonchev–Trinajstić information content (AvgIpc) is 2.56. The van der Waals surface area contributed by atoms with Gasteiger partial charge in [-0.2, -0.15) is 0 Å². The van der Waals surface area contributed by atoms with Crippen molar-refractivity contribution in [1.82, 2.24) is 10.2 Å². The van der Waals surface area contributed by atoms with Gasteiger partial charge >= 0.3 is 0 Å². The number of carbonyl (C=O) groups excluding carboxylic acids is 2. The number of benzene rings is 1. The molecule has 2 amide bonds. The second kappa shape index (κ2) is 8.97. The summed E-state index contributed by atoms with van der Waals surface area (Å²) in [6, 6.07) is 5.23. The molecule has 0 spiro atoms. The number of hydrogen-bond donors (Lipinski definition) is 3. The highest BCUT2D eigenvalue weighted by Gasteiger charge is 2.22. The van der Waals surface area contributed by atoms with E-state index < -0.39 is 5.91 Å². The fourth-order valence-corrected chi connectivity index (χ4v) is 3.35. The molecule has 0 saturated carbocycles. The van der Waals surface area contributed by atoms with E-state index in [-0.39, 0.29) is 5.91 Å². The van der Waals surface area contributed by atoms with E-state index in [1.54, 1.807) is 12.1 Å². The largest absolute Gasteiger partial charge is 0.366 e. The van der Waals surface area contributed by atoms with Crippen molar-refractivity contribution in [1.29, 1.82) is 0 Å². The van der Waals surface area contributed by atoms with Crippen molar-refractivity contribution in [3.05, 3.63) is 29.3 Å². The molecule has 2 rings (SSSR count). The first kappa shape index (κ1) is 19.4. The van der Waals surface area contributed by atoms with Gasteiger partial charge in [-0.3, -0.25) is 9.59 Å². The van der Waals surface area contributed by atoms with Gasteiger partial charge in [0.05, 0.1) is 0 Å². The lowest BCUT2D eigenvalue weighted by Crippen LogP contribution is -2.34. The van der Waals surface area contributed by atoms with Crippen molar-refractivity contribution in [2.75, 3.05) is 32.5 Å². The maximum Gasteiger partial charge on any atom is 0.248 e. The van der Waals surface area contributed by atoms with E-state index >= 15 is 0 Å². The molecule has 6 nitrogen and oxygen atoms in total. The van der Waals surface area contributed by atoms with E-state index in [1.807, 2.05) is 25.1 Å². The second-order valence-electron chi connectivity index (χ2n) is 7.31. The lowest BCUT2D eigenvalue weighted by atomic mass is 9.85. The van der Waals surface area contributed by atoms with Crippen molar-refractivity contribution in [3.63, 3.8) is 0 Å². The molecule has 2 atom stereocenters. The number of primary amides is 1. The van der Waals surface area contributed by atoms with Gasteiger partial charge in [-0.25, -0.2) is 0 Å². The minimum atomic E-state index is -0.492. The van der Waals surface area contributed by atoms with E-state index in [2.05, 4.69) is 17.6 Å². The van der Waals surface area contributed by atoms with Gasteiger partial charge in [0, 0.05) is 24.2 Å². The predicted molar refractivity (Wildman–Crippen MR) is 100 cm³/mol. The Hall–Kier alpha value is -1.92. The Kier molecular flexibility index (Phi) is 6.96. The Bertz CT molecular complexity index is 609. The van der Waals surface area contributed by atoms with Gasteiger partial charge in [-0.05, 0) is 69.6 Å². The second-order valence-corrected chi connectivity index (χ2v) is 7.31. The van der Waals surface area contributed by atoms with E-state index in [4.69, 9.17) is 5.73 Å². The van der Waals surface area contributed by atoms with Crippen LogP contribution < -0.4 is 16.4 Å². The molecule has 1 fully saturated rings. The lowest BCUT2D eigenvalue weighted by Gasteiger charge is -2.28. The summed E-state index contributed by atoms with van der Waals surface area (Å²) in [4.78, 5) is 26.0. The van der Waals surface area contributed by atoms with Crippen LogP contribution >= 0.6 is 0 Å². The van der Waals surface area contributed by atoms with E-state index in [9.17, 15) is 9.59 Å². The van der Waals surface area contributed by atoms with Crippen LogP contribution in [0.1, 0.15) is 42.1 Å². The van der Waals surface area contributed by atoms with Crippen molar-refractivity contribution in [2.24, 2.45) is 17.6 Å². The molecule has 1 aliphatic rings.